The van der Waals surface area contributed by atoms with Crippen molar-refractivity contribution in [2.45, 2.75) is 19.1 Å². The van der Waals surface area contributed by atoms with Crippen LogP contribution in [0.5, 0.6) is 0 Å². The second kappa shape index (κ2) is 9.27. The molecule has 2 aromatic rings. The van der Waals surface area contributed by atoms with Gasteiger partial charge in [-0.25, -0.2) is 14.4 Å². The molecular weight excluding hydrogens is 417 g/mol. The maximum Gasteiger partial charge on any atom is 0.313 e. The summed E-state index contributed by atoms with van der Waals surface area (Å²) in [5.74, 6) is -0.971. The van der Waals surface area contributed by atoms with E-state index in [9.17, 15) is 9.18 Å². The third kappa shape index (κ3) is 4.99. The largest absolute Gasteiger partial charge is 0.460 e. The Balaban J connectivity index is 1.34. The molecule has 2 saturated heterocycles. The highest BCUT2D eigenvalue weighted by Crippen LogP contribution is 2.26. The molecule has 1 aromatic heterocycles. The zero-order valence-electron chi connectivity index (χ0n) is 17.6. The van der Waals surface area contributed by atoms with E-state index in [1.165, 1.54) is 6.07 Å². The Bertz CT molecular complexity index is 1030. The monoisotopic (exact) mass is 441 g/mol. The van der Waals surface area contributed by atoms with Crippen LogP contribution in [0.3, 0.4) is 0 Å². The van der Waals surface area contributed by atoms with E-state index in [-0.39, 0.29) is 30.5 Å². The molecule has 11 heteroatoms. The molecule has 4 rings (SSSR count). The number of likely N-dealkylation sites (tertiary alicyclic amines) is 1. The van der Waals surface area contributed by atoms with Crippen LogP contribution >= 0.6 is 0 Å². The van der Waals surface area contributed by atoms with E-state index >= 15 is 0 Å². The van der Waals surface area contributed by atoms with Crippen molar-refractivity contribution in [2.75, 3.05) is 38.1 Å². The third-order valence-corrected chi connectivity index (χ3v) is 5.14. The zero-order valence-corrected chi connectivity index (χ0v) is 17.6. The number of ether oxygens (including phenoxy) is 1. The normalized spacial score (nSPS) is 16.2. The Hall–Kier alpha value is -3.60. The van der Waals surface area contributed by atoms with Gasteiger partial charge in [-0.05, 0) is 7.05 Å². The predicted molar refractivity (Wildman–Crippen MR) is 116 cm³/mol. The van der Waals surface area contributed by atoms with Gasteiger partial charge in [0, 0.05) is 42.2 Å². The molecule has 32 heavy (non-hydrogen) atoms. The molecule has 3 heterocycles. The molecule has 0 bridgehead atoms. The summed E-state index contributed by atoms with van der Waals surface area (Å²) in [5, 5.41) is 11.3. The first-order valence-electron chi connectivity index (χ1n) is 10.1. The molecule has 0 amide bonds. The SMILES string of the molecule is CN1CC(ON=C2CN(c3ncc(-c4cccc(COC(=O)CC(=N)N)c4F)cn3)C2)C1. The van der Waals surface area contributed by atoms with E-state index in [0.717, 1.165) is 18.8 Å². The number of likely N-dealkylation sites (N-methyl/N-ethyl adjacent to an activating group) is 1. The molecule has 0 atom stereocenters. The fourth-order valence-electron chi connectivity index (χ4n) is 3.35. The first-order chi connectivity index (χ1) is 15.4. The summed E-state index contributed by atoms with van der Waals surface area (Å²) in [4.78, 5) is 29.8. The van der Waals surface area contributed by atoms with Crippen LogP contribution in [-0.4, -0.2) is 71.7 Å². The van der Waals surface area contributed by atoms with E-state index in [1.807, 2.05) is 11.9 Å². The molecule has 2 fully saturated rings. The van der Waals surface area contributed by atoms with Gasteiger partial charge in [0.2, 0.25) is 5.95 Å². The minimum absolute atomic E-state index is 0.167. The van der Waals surface area contributed by atoms with Crippen molar-refractivity contribution in [2.24, 2.45) is 10.9 Å². The fraction of sp³-hybridized carbons (Fsp3) is 0.381. The second-order valence-corrected chi connectivity index (χ2v) is 7.88. The molecule has 0 radical (unpaired) electrons. The number of amidine groups is 1. The van der Waals surface area contributed by atoms with Crippen LogP contribution in [0.4, 0.5) is 10.3 Å². The van der Waals surface area contributed by atoms with Crippen molar-refractivity contribution < 1.29 is 18.8 Å². The number of aromatic nitrogens is 2. The minimum Gasteiger partial charge on any atom is -0.460 e. The van der Waals surface area contributed by atoms with Gasteiger partial charge in [0.15, 0.2) is 6.10 Å². The van der Waals surface area contributed by atoms with Gasteiger partial charge in [-0.15, -0.1) is 0 Å². The third-order valence-electron chi connectivity index (χ3n) is 5.14. The molecule has 0 aliphatic carbocycles. The summed E-state index contributed by atoms with van der Waals surface area (Å²) in [6, 6.07) is 4.80. The number of esters is 1. The number of carbonyl (C=O) groups is 1. The number of hydrogen-bond donors (Lipinski definition) is 2. The van der Waals surface area contributed by atoms with Gasteiger partial charge in [-0.3, -0.25) is 15.1 Å². The first kappa shape index (κ1) is 21.6. The van der Waals surface area contributed by atoms with Crippen molar-refractivity contribution in [3.8, 4) is 11.1 Å². The first-order valence-corrected chi connectivity index (χ1v) is 10.1. The molecule has 2 aliphatic rings. The van der Waals surface area contributed by atoms with Gasteiger partial charge < -0.3 is 20.2 Å². The smallest absolute Gasteiger partial charge is 0.313 e. The van der Waals surface area contributed by atoms with Crippen molar-refractivity contribution in [1.29, 1.82) is 5.41 Å². The van der Waals surface area contributed by atoms with Gasteiger partial charge in [0.25, 0.3) is 0 Å². The van der Waals surface area contributed by atoms with Crippen LogP contribution in [0.15, 0.2) is 35.7 Å². The van der Waals surface area contributed by atoms with Gasteiger partial charge >= 0.3 is 5.97 Å². The number of hydrogen-bond acceptors (Lipinski definition) is 9. The Morgan fingerprint density at radius 3 is 2.69 bits per heavy atom. The molecule has 168 valence electrons. The van der Waals surface area contributed by atoms with E-state index in [0.29, 0.717) is 30.2 Å². The average molecular weight is 441 g/mol. The highest BCUT2D eigenvalue weighted by atomic mass is 19.1. The number of oxime groups is 1. The number of halogens is 1. The van der Waals surface area contributed by atoms with Gasteiger partial charge in [0.1, 0.15) is 24.7 Å². The minimum atomic E-state index is -0.683. The van der Waals surface area contributed by atoms with Gasteiger partial charge in [-0.2, -0.15) is 0 Å². The Morgan fingerprint density at radius 1 is 1.31 bits per heavy atom. The number of anilines is 1. The molecule has 10 nitrogen and oxygen atoms in total. The number of nitrogens with zero attached hydrogens (tertiary/aromatic N) is 5. The molecule has 3 N–H and O–H groups in total. The number of nitrogens with two attached hydrogens (primary N) is 1. The number of nitrogens with one attached hydrogen (secondary N) is 1. The average Bonchev–Trinajstić information content (AvgIpc) is 2.70. The standard InChI is InChI=1S/C21H24FN7O3/c1-28-10-16(11-28)32-27-15-8-29(9-15)21-25-6-14(7-26-21)17-4-2-3-13(20(17)22)12-31-19(30)5-18(23)24/h2-4,6-7,16H,5,8-12H2,1H3,(H3,23,24). The Kier molecular flexibility index (Phi) is 6.26. The second-order valence-electron chi connectivity index (χ2n) is 7.88. The summed E-state index contributed by atoms with van der Waals surface area (Å²) in [7, 11) is 2.03. The van der Waals surface area contributed by atoms with Gasteiger partial charge in [-0.1, -0.05) is 23.4 Å². The van der Waals surface area contributed by atoms with Gasteiger partial charge in [0.05, 0.1) is 18.8 Å². The summed E-state index contributed by atoms with van der Waals surface area (Å²) >= 11 is 0. The molecule has 2 aliphatic heterocycles. The van der Waals surface area contributed by atoms with Crippen molar-refractivity contribution in [1.82, 2.24) is 14.9 Å². The quantitative estimate of drug-likeness (QED) is 0.270. The van der Waals surface area contributed by atoms with Crippen LogP contribution in [0.2, 0.25) is 0 Å². The van der Waals surface area contributed by atoms with E-state index in [2.05, 4.69) is 20.0 Å². The van der Waals surface area contributed by atoms with Crippen LogP contribution in [0, 0.1) is 11.2 Å². The maximum absolute atomic E-state index is 14.9. The van der Waals surface area contributed by atoms with Crippen LogP contribution in [0.1, 0.15) is 12.0 Å². The fourth-order valence-corrected chi connectivity index (χ4v) is 3.35. The van der Waals surface area contributed by atoms with Crippen molar-refractivity contribution in [3.63, 3.8) is 0 Å². The molecule has 1 aromatic carbocycles. The summed E-state index contributed by atoms with van der Waals surface area (Å²) in [6.07, 6.45) is 2.95. The van der Waals surface area contributed by atoms with Crippen molar-refractivity contribution >= 4 is 23.5 Å². The van der Waals surface area contributed by atoms with E-state index in [1.54, 1.807) is 24.5 Å². The lowest BCUT2D eigenvalue weighted by atomic mass is 10.1. The predicted octanol–water partition coefficient (Wildman–Crippen LogP) is 1.16. The Morgan fingerprint density at radius 2 is 2.03 bits per heavy atom. The summed E-state index contributed by atoms with van der Waals surface area (Å²) < 4.78 is 19.9. The lowest BCUT2D eigenvalue weighted by molar-refractivity contribution is -0.143. The van der Waals surface area contributed by atoms with E-state index < -0.39 is 11.8 Å². The number of rotatable bonds is 8. The van der Waals surface area contributed by atoms with Crippen LogP contribution in [-0.2, 0) is 21.0 Å². The molecule has 0 spiro atoms. The highest BCUT2D eigenvalue weighted by Gasteiger charge is 2.28. The summed E-state index contributed by atoms with van der Waals surface area (Å²) in [5.41, 5.74) is 7.13. The van der Waals surface area contributed by atoms with Crippen molar-refractivity contribution in [3.05, 3.63) is 42.0 Å². The number of carbonyl (C=O) groups excluding carboxylic acids is 1. The summed E-state index contributed by atoms with van der Waals surface area (Å²) in [6.45, 7) is 2.72. The molecule has 0 unspecified atom stereocenters. The maximum atomic E-state index is 14.9. The van der Waals surface area contributed by atoms with Crippen LogP contribution in [0.25, 0.3) is 11.1 Å². The van der Waals surface area contributed by atoms with Crippen LogP contribution < -0.4 is 10.6 Å². The number of benzene rings is 1. The topological polar surface area (TPSA) is 130 Å². The Labute approximate surface area is 184 Å². The zero-order chi connectivity index (χ0) is 22.7. The molecular formula is C21H24FN7O3. The lowest BCUT2D eigenvalue weighted by Gasteiger charge is -2.36. The van der Waals surface area contributed by atoms with E-state index in [4.69, 9.17) is 20.7 Å². The molecule has 0 saturated carbocycles. The highest BCUT2D eigenvalue weighted by molar-refractivity contribution is 5.98. The lowest BCUT2D eigenvalue weighted by Crippen LogP contribution is -2.51.